The molecule has 0 radical (unpaired) electrons. The lowest BCUT2D eigenvalue weighted by Crippen LogP contribution is -2.20. The highest BCUT2D eigenvalue weighted by atomic mass is 16.1. The van der Waals surface area contributed by atoms with Crippen LogP contribution in [0.1, 0.15) is 13.3 Å². The fraction of sp³-hybridized carbons (Fsp3) is 0.500. The Morgan fingerprint density at radius 3 is 2.92 bits per heavy atom. The smallest absolute Gasteiger partial charge is 0.250 e. The van der Waals surface area contributed by atoms with Crippen LogP contribution in [0.5, 0.6) is 0 Å². The van der Waals surface area contributed by atoms with Gasteiger partial charge < -0.3 is 10.3 Å². The van der Waals surface area contributed by atoms with Crippen molar-refractivity contribution in [2.45, 2.75) is 19.9 Å². The average molecular weight is 178 g/mol. The zero-order valence-electron chi connectivity index (χ0n) is 7.73. The maximum absolute atomic E-state index is 11.3. The minimum absolute atomic E-state index is 0.0494. The summed E-state index contributed by atoms with van der Waals surface area (Å²) in [5, 5.41) is 0. The van der Waals surface area contributed by atoms with Crippen LogP contribution in [-0.2, 0) is 6.54 Å². The van der Waals surface area contributed by atoms with E-state index in [-0.39, 0.29) is 5.56 Å². The van der Waals surface area contributed by atoms with Gasteiger partial charge in [-0.1, -0.05) is 6.92 Å². The first-order valence-electron chi connectivity index (χ1n) is 4.63. The zero-order chi connectivity index (χ0) is 9.42. The van der Waals surface area contributed by atoms with E-state index >= 15 is 0 Å². The van der Waals surface area contributed by atoms with E-state index in [1.54, 1.807) is 16.8 Å². The Morgan fingerprint density at radius 2 is 2.31 bits per heavy atom. The number of hydrogen-bond acceptors (Lipinski definition) is 2. The van der Waals surface area contributed by atoms with Gasteiger partial charge in [0, 0.05) is 24.5 Å². The summed E-state index contributed by atoms with van der Waals surface area (Å²) in [6.07, 6.45) is 2.97. The Kier molecular flexibility index (Phi) is 1.87. The molecule has 0 aliphatic heterocycles. The second kappa shape index (κ2) is 2.91. The number of hydrogen-bond donors (Lipinski definition) is 1. The maximum atomic E-state index is 11.3. The van der Waals surface area contributed by atoms with Gasteiger partial charge in [0.2, 0.25) is 0 Å². The summed E-state index contributed by atoms with van der Waals surface area (Å²) in [5.41, 5.74) is 6.31. The lowest BCUT2D eigenvalue weighted by Gasteiger charge is -2.04. The molecule has 0 saturated heterocycles. The lowest BCUT2D eigenvalue weighted by atomic mass is 10.3. The SMILES string of the molecule is CC1CC1Cn1cc(N)ccc1=O. The van der Waals surface area contributed by atoms with Crippen LogP contribution in [0, 0.1) is 11.8 Å². The van der Waals surface area contributed by atoms with Gasteiger partial charge in [-0.3, -0.25) is 4.79 Å². The summed E-state index contributed by atoms with van der Waals surface area (Å²) in [7, 11) is 0. The molecule has 0 amide bonds. The molecule has 13 heavy (non-hydrogen) atoms. The van der Waals surface area contributed by atoms with E-state index in [1.807, 2.05) is 0 Å². The van der Waals surface area contributed by atoms with Crippen LogP contribution in [-0.4, -0.2) is 4.57 Å². The van der Waals surface area contributed by atoms with Crippen molar-refractivity contribution in [3.63, 3.8) is 0 Å². The van der Waals surface area contributed by atoms with E-state index in [0.29, 0.717) is 11.6 Å². The summed E-state index contributed by atoms with van der Waals surface area (Å²) < 4.78 is 1.71. The third kappa shape index (κ3) is 1.74. The molecule has 1 fully saturated rings. The van der Waals surface area contributed by atoms with Gasteiger partial charge in [-0.2, -0.15) is 0 Å². The first-order chi connectivity index (χ1) is 6.16. The fourth-order valence-electron chi connectivity index (χ4n) is 1.60. The van der Waals surface area contributed by atoms with Gasteiger partial charge in [0.1, 0.15) is 0 Å². The molecule has 2 atom stereocenters. The Labute approximate surface area is 77.2 Å². The number of anilines is 1. The Balaban J connectivity index is 2.19. The minimum atomic E-state index is 0.0494. The molecule has 1 aliphatic rings. The molecule has 0 spiro atoms. The van der Waals surface area contributed by atoms with Crippen molar-refractivity contribution in [1.29, 1.82) is 0 Å². The molecule has 1 saturated carbocycles. The quantitative estimate of drug-likeness (QED) is 0.736. The van der Waals surface area contributed by atoms with Gasteiger partial charge in [0.15, 0.2) is 0 Å². The van der Waals surface area contributed by atoms with Crippen molar-refractivity contribution >= 4 is 5.69 Å². The summed E-state index contributed by atoms with van der Waals surface area (Å²) >= 11 is 0. The molecular weight excluding hydrogens is 164 g/mol. The highest BCUT2D eigenvalue weighted by Crippen LogP contribution is 2.38. The molecule has 1 aromatic rings. The predicted molar refractivity (Wildman–Crippen MR) is 52.4 cm³/mol. The third-order valence-electron chi connectivity index (χ3n) is 2.71. The monoisotopic (exact) mass is 178 g/mol. The van der Waals surface area contributed by atoms with Crippen LogP contribution in [0.2, 0.25) is 0 Å². The van der Waals surface area contributed by atoms with Gasteiger partial charge in [0.05, 0.1) is 0 Å². The number of rotatable bonds is 2. The Morgan fingerprint density at radius 1 is 1.62 bits per heavy atom. The van der Waals surface area contributed by atoms with Crippen molar-refractivity contribution in [1.82, 2.24) is 4.57 Å². The number of nitrogens with two attached hydrogens (primary N) is 1. The molecular formula is C10H14N2O. The molecule has 1 heterocycles. The average Bonchev–Trinajstić information content (AvgIpc) is 2.75. The van der Waals surface area contributed by atoms with E-state index in [0.717, 1.165) is 12.5 Å². The van der Waals surface area contributed by atoms with Crippen LogP contribution in [0.3, 0.4) is 0 Å². The van der Waals surface area contributed by atoms with Crippen molar-refractivity contribution < 1.29 is 0 Å². The number of nitrogens with zero attached hydrogens (tertiary/aromatic N) is 1. The predicted octanol–water partition coefficient (Wildman–Crippen LogP) is 1.09. The fourth-order valence-corrected chi connectivity index (χ4v) is 1.60. The minimum Gasteiger partial charge on any atom is -0.398 e. The number of aromatic nitrogens is 1. The summed E-state index contributed by atoms with van der Waals surface area (Å²) in [5.74, 6) is 1.45. The number of nitrogen functional groups attached to an aromatic ring is 1. The second-order valence-corrected chi connectivity index (χ2v) is 3.93. The first kappa shape index (κ1) is 8.35. The van der Waals surface area contributed by atoms with Crippen LogP contribution in [0.15, 0.2) is 23.1 Å². The van der Waals surface area contributed by atoms with Crippen LogP contribution in [0.25, 0.3) is 0 Å². The van der Waals surface area contributed by atoms with Gasteiger partial charge in [-0.05, 0) is 24.3 Å². The largest absolute Gasteiger partial charge is 0.398 e. The van der Waals surface area contributed by atoms with E-state index in [9.17, 15) is 4.79 Å². The first-order valence-corrected chi connectivity index (χ1v) is 4.63. The normalized spacial score (nSPS) is 25.9. The van der Waals surface area contributed by atoms with Gasteiger partial charge >= 0.3 is 0 Å². The highest BCUT2D eigenvalue weighted by molar-refractivity contribution is 5.33. The van der Waals surface area contributed by atoms with Crippen LogP contribution in [0.4, 0.5) is 5.69 Å². The van der Waals surface area contributed by atoms with E-state index in [4.69, 9.17) is 5.73 Å². The van der Waals surface area contributed by atoms with E-state index in [2.05, 4.69) is 6.92 Å². The molecule has 1 aliphatic carbocycles. The summed E-state index contributed by atoms with van der Waals surface area (Å²) in [6.45, 7) is 3.03. The highest BCUT2D eigenvalue weighted by Gasteiger charge is 2.32. The van der Waals surface area contributed by atoms with Crippen molar-refractivity contribution in [2.24, 2.45) is 11.8 Å². The maximum Gasteiger partial charge on any atom is 0.250 e. The van der Waals surface area contributed by atoms with Gasteiger partial charge in [-0.25, -0.2) is 0 Å². The summed E-state index contributed by atoms with van der Waals surface area (Å²) in [6, 6.07) is 3.18. The summed E-state index contributed by atoms with van der Waals surface area (Å²) in [4.78, 5) is 11.3. The molecule has 1 aromatic heterocycles. The Hall–Kier alpha value is -1.25. The van der Waals surface area contributed by atoms with Crippen LogP contribution < -0.4 is 11.3 Å². The number of pyridine rings is 1. The lowest BCUT2D eigenvalue weighted by molar-refractivity contribution is 0.578. The second-order valence-electron chi connectivity index (χ2n) is 3.93. The molecule has 3 heteroatoms. The van der Waals surface area contributed by atoms with Gasteiger partial charge in [-0.15, -0.1) is 0 Å². The molecule has 0 aromatic carbocycles. The zero-order valence-corrected chi connectivity index (χ0v) is 7.73. The van der Waals surface area contributed by atoms with Crippen molar-refractivity contribution in [2.75, 3.05) is 5.73 Å². The van der Waals surface area contributed by atoms with E-state index in [1.165, 1.54) is 12.5 Å². The van der Waals surface area contributed by atoms with E-state index < -0.39 is 0 Å². The van der Waals surface area contributed by atoms with Crippen molar-refractivity contribution in [3.05, 3.63) is 28.7 Å². The van der Waals surface area contributed by atoms with Gasteiger partial charge in [0.25, 0.3) is 5.56 Å². The van der Waals surface area contributed by atoms with Crippen molar-refractivity contribution in [3.8, 4) is 0 Å². The molecule has 2 N–H and O–H groups in total. The molecule has 2 unspecified atom stereocenters. The third-order valence-corrected chi connectivity index (χ3v) is 2.71. The topological polar surface area (TPSA) is 48.0 Å². The molecule has 70 valence electrons. The Bertz CT molecular complexity index is 369. The molecule has 0 bridgehead atoms. The molecule has 3 nitrogen and oxygen atoms in total. The molecule has 2 rings (SSSR count). The standard InChI is InChI=1S/C10H14N2O/c1-7-4-8(7)5-12-6-9(11)2-3-10(12)13/h2-3,6-8H,4-5,11H2,1H3. The van der Waals surface area contributed by atoms with Crippen LogP contribution >= 0.6 is 0 Å².